The van der Waals surface area contributed by atoms with Gasteiger partial charge in [-0.3, -0.25) is 4.79 Å². The normalized spacial score (nSPS) is 12.5. The Labute approximate surface area is 102 Å². The molecule has 0 radical (unpaired) electrons. The van der Waals surface area contributed by atoms with Gasteiger partial charge in [0.25, 0.3) is 0 Å². The van der Waals surface area contributed by atoms with Crippen molar-refractivity contribution in [1.82, 2.24) is 0 Å². The summed E-state index contributed by atoms with van der Waals surface area (Å²) in [7, 11) is 0. The number of Topliss-reactive ketones (excluding diaryl/α,β-unsaturated/α-hetero) is 1. The summed E-state index contributed by atoms with van der Waals surface area (Å²) in [5.41, 5.74) is -0.389. The minimum atomic E-state index is -1.59. The predicted octanol–water partition coefficient (Wildman–Crippen LogP) is 3.82. The van der Waals surface area contributed by atoms with Gasteiger partial charge in [-0.15, -0.1) is 0 Å². The molecule has 0 aliphatic rings. The molecule has 0 spiro atoms. The molecule has 0 amide bonds. The zero-order valence-corrected chi connectivity index (χ0v) is 10.4. The number of hydrogen-bond donors (Lipinski definition) is 0. The summed E-state index contributed by atoms with van der Waals surface area (Å²) in [5, 5.41) is 0.271. The zero-order chi connectivity index (χ0) is 13.0. The van der Waals surface area contributed by atoms with Crippen LogP contribution in [0.3, 0.4) is 0 Å². The number of thioether (sulfide) groups is 1. The van der Waals surface area contributed by atoms with Gasteiger partial charge in [-0.05, 0) is 18.6 Å². The smallest absolute Gasteiger partial charge is 0.195 e. The molecule has 1 nitrogen and oxygen atoms in total. The molecule has 1 aromatic carbocycles. The van der Waals surface area contributed by atoms with Crippen molar-refractivity contribution in [3.8, 4) is 0 Å². The van der Waals surface area contributed by atoms with E-state index in [1.165, 1.54) is 11.8 Å². The van der Waals surface area contributed by atoms with E-state index in [0.29, 0.717) is 0 Å². The highest BCUT2D eigenvalue weighted by Gasteiger charge is 2.18. The van der Waals surface area contributed by atoms with E-state index < -0.39 is 23.2 Å². The molecular weight excluding hydrogens is 249 g/mol. The van der Waals surface area contributed by atoms with E-state index in [2.05, 4.69) is 0 Å². The van der Waals surface area contributed by atoms with Gasteiger partial charge in [-0.1, -0.05) is 13.8 Å². The molecule has 0 saturated carbocycles. The van der Waals surface area contributed by atoms with Crippen molar-refractivity contribution < 1.29 is 18.0 Å². The Hall–Kier alpha value is -0.970. The molecule has 94 valence electrons. The first-order valence-electron chi connectivity index (χ1n) is 5.25. The molecule has 0 saturated heterocycles. The van der Waals surface area contributed by atoms with Crippen LogP contribution in [0.2, 0.25) is 0 Å². The number of halogens is 3. The largest absolute Gasteiger partial charge is 0.293 e. The first-order chi connectivity index (χ1) is 7.97. The number of rotatable bonds is 5. The molecule has 5 heteroatoms. The van der Waals surface area contributed by atoms with Gasteiger partial charge in [-0.25, -0.2) is 13.2 Å². The molecule has 0 aliphatic heterocycles. The Morgan fingerprint density at radius 1 is 1.29 bits per heavy atom. The number of carbonyl (C=O) groups is 1. The summed E-state index contributed by atoms with van der Waals surface area (Å²) >= 11 is 1.37. The maximum Gasteiger partial charge on any atom is 0.195 e. The summed E-state index contributed by atoms with van der Waals surface area (Å²) in [4.78, 5) is 11.6. The summed E-state index contributed by atoms with van der Waals surface area (Å²) in [6, 6.07) is 1.74. The van der Waals surface area contributed by atoms with E-state index in [1.807, 2.05) is 13.8 Å². The Balaban J connectivity index is 2.80. The second kappa shape index (κ2) is 6.10. The van der Waals surface area contributed by atoms with Gasteiger partial charge < -0.3 is 0 Å². The molecule has 0 aromatic heterocycles. The van der Waals surface area contributed by atoms with Crippen molar-refractivity contribution in [2.45, 2.75) is 25.5 Å². The maximum absolute atomic E-state index is 13.3. The third-order valence-corrected chi connectivity index (χ3v) is 3.74. The van der Waals surface area contributed by atoms with Crippen LogP contribution in [-0.4, -0.2) is 16.8 Å². The van der Waals surface area contributed by atoms with E-state index in [0.717, 1.165) is 18.6 Å². The lowest BCUT2D eigenvalue weighted by Crippen LogP contribution is -2.10. The molecule has 1 atom stereocenters. The van der Waals surface area contributed by atoms with Crippen molar-refractivity contribution in [2.75, 3.05) is 5.75 Å². The molecule has 0 heterocycles. The van der Waals surface area contributed by atoms with Gasteiger partial charge in [0, 0.05) is 5.25 Å². The van der Waals surface area contributed by atoms with Crippen molar-refractivity contribution >= 4 is 17.5 Å². The highest BCUT2D eigenvalue weighted by molar-refractivity contribution is 8.00. The summed E-state index contributed by atoms with van der Waals surface area (Å²) in [6.07, 6.45) is 0.887. The number of benzene rings is 1. The Bertz CT molecular complexity index is 420. The third kappa shape index (κ3) is 3.49. The second-order valence-electron chi connectivity index (χ2n) is 3.68. The molecular formula is C12H13F3OS. The Morgan fingerprint density at radius 3 is 2.53 bits per heavy atom. The van der Waals surface area contributed by atoms with Gasteiger partial charge in [0.1, 0.15) is 0 Å². The van der Waals surface area contributed by atoms with Gasteiger partial charge in [0.15, 0.2) is 23.2 Å². The van der Waals surface area contributed by atoms with Gasteiger partial charge >= 0.3 is 0 Å². The van der Waals surface area contributed by atoms with Crippen LogP contribution in [0.5, 0.6) is 0 Å². The van der Waals surface area contributed by atoms with Crippen LogP contribution in [0.15, 0.2) is 12.1 Å². The van der Waals surface area contributed by atoms with Gasteiger partial charge in [0.05, 0.1) is 11.3 Å². The van der Waals surface area contributed by atoms with Gasteiger partial charge in [0.2, 0.25) is 0 Å². The van der Waals surface area contributed by atoms with Crippen molar-refractivity contribution in [3.63, 3.8) is 0 Å². The van der Waals surface area contributed by atoms with E-state index >= 15 is 0 Å². The molecule has 0 aliphatic carbocycles. The van der Waals surface area contributed by atoms with Crippen molar-refractivity contribution in [3.05, 3.63) is 35.1 Å². The first-order valence-corrected chi connectivity index (χ1v) is 6.30. The summed E-state index contributed by atoms with van der Waals surface area (Å²) in [6.45, 7) is 3.92. The monoisotopic (exact) mass is 262 g/mol. The van der Waals surface area contributed by atoms with Crippen LogP contribution >= 0.6 is 11.8 Å². The fraction of sp³-hybridized carbons (Fsp3) is 0.417. The minimum absolute atomic E-state index is 0.0665. The molecule has 0 bridgehead atoms. The van der Waals surface area contributed by atoms with Crippen molar-refractivity contribution in [2.24, 2.45) is 0 Å². The number of carbonyl (C=O) groups excluding carboxylic acids is 1. The average Bonchev–Trinajstić information content (AvgIpc) is 2.32. The average molecular weight is 262 g/mol. The fourth-order valence-corrected chi connectivity index (χ4v) is 1.98. The van der Waals surface area contributed by atoms with Crippen molar-refractivity contribution in [1.29, 1.82) is 0 Å². The molecule has 0 N–H and O–H groups in total. The highest BCUT2D eigenvalue weighted by atomic mass is 32.2. The second-order valence-corrected chi connectivity index (χ2v) is 5.10. The van der Waals surface area contributed by atoms with Gasteiger partial charge in [-0.2, -0.15) is 11.8 Å². The first kappa shape index (κ1) is 14.1. The van der Waals surface area contributed by atoms with Crippen LogP contribution in [-0.2, 0) is 0 Å². The lowest BCUT2D eigenvalue weighted by atomic mass is 10.1. The lowest BCUT2D eigenvalue weighted by molar-refractivity contribution is 0.101. The molecule has 1 unspecified atom stereocenters. The van der Waals surface area contributed by atoms with E-state index in [1.54, 1.807) is 0 Å². The highest BCUT2D eigenvalue weighted by Crippen LogP contribution is 2.19. The van der Waals surface area contributed by atoms with Crippen LogP contribution < -0.4 is 0 Å². The van der Waals surface area contributed by atoms with E-state index in [4.69, 9.17) is 0 Å². The predicted molar refractivity (Wildman–Crippen MR) is 62.9 cm³/mol. The minimum Gasteiger partial charge on any atom is -0.293 e. The molecule has 1 aromatic rings. The number of hydrogen-bond acceptors (Lipinski definition) is 2. The lowest BCUT2D eigenvalue weighted by Gasteiger charge is -2.08. The fourth-order valence-electron chi connectivity index (χ4n) is 1.15. The molecule has 1 rings (SSSR count). The summed E-state index contributed by atoms with van der Waals surface area (Å²) < 4.78 is 38.8. The third-order valence-electron chi connectivity index (χ3n) is 2.41. The van der Waals surface area contributed by atoms with E-state index in [-0.39, 0.29) is 16.6 Å². The van der Waals surface area contributed by atoms with Crippen LogP contribution in [0.4, 0.5) is 13.2 Å². The SMILES string of the molecule is CCC(C)SCC(=O)c1ccc(F)c(F)c1F. The summed E-state index contributed by atoms with van der Waals surface area (Å²) in [5.74, 6) is -4.73. The van der Waals surface area contributed by atoms with Crippen LogP contribution in [0, 0.1) is 17.5 Å². The number of ketones is 1. The topological polar surface area (TPSA) is 17.1 Å². The van der Waals surface area contributed by atoms with Crippen LogP contribution in [0.25, 0.3) is 0 Å². The maximum atomic E-state index is 13.3. The molecule has 0 fully saturated rings. The Morgan fingerprint density at radius 2 is 1.94 bits per heavy atom. The Kier molecular flexibility index (Phi) is 5.05. The van der Waals surface area contributed by atoms with E-state index in [9.17, 15) is 18.0 Å². The standard InChI is InChI=1S/C12H13F3OS/c1-3-7(2)17-6-10(16)8-4-5-9(13)12(15)11(8)14/h4-5,7H,3,6H2,1-2H3. The van der Waals surface area contributed by atoms with Crippen LogP contribution in [0.1, 0.15) is 30.6 Å². The molecule has 17 heavy (non-hydrogen) atoms. The quantitative estimate of drug-likeness (QED) is 0.592. The zero-order valence-electron chi connectivity index (χ0n) is 9.60.